The van der Waals surface area contributed by atoms with E-state index in [1.807, 2.05) is 0 Å². The second-order valence-electron chi connectivity index (χ2n) is 0. The first-order valence-electron chi connectivity index (χ1n) is 0.272. The Balaban J connectivity index is -0.00000000167. The Kier molecular flexibility index (Phi) is 539. The zero-order valence-electron chi connectivity index (χ0n) is 4.18. The molecule has 0 aromatic heterocycles. The fourth-order valence-electron chi connectivity index (χ4n) is 0. The minimum absolute atomic E-state index is 0. The van der Waals surface area contributed by atoms with E-state index in [1.54, 1.807) is 0 Å². The summed E-state index contributed by atoms with van der Waals surface area (Å²) in [6, 6.07) is 0. The molecular weight excluding hydrogens is 277 g/mol. The van der Waals surface area contributed by atoms with Crippen LogP contribution in [0.3, 0.4) is 0 Å². The van der Waals surface area contributed by atoms with E-state index >= 15 is 0 Å². The summed E-state index contributed by atoms with van der Waals surface area (Å²) in [5, 5.41) is 0. The van der Waals surface area contributed by atoms with Crippen molar-refractivity contribution in [3.63, 3.8) is 0 Å². The van der Waals surface area contributed by atoms with Gasteiger partial charge >= 0.3 is 39.1 Å². The molecule has 0 aromatic rings. The van der Waals surface area contributed by atoms with Crippen molar-refractivity contribution in [3.8, 4) is 0 Å². The van der Waals surface area contributed by atoms with E-state index in [9.17, 15) is 0 Å². The van der Waals surface area contributed by atoms with Gasteiger partial charge < -0.3 is 0 Å². The average Bonchev–Trinajstić information content (AvgIpc) is 1.50. The molecule has 0 unspecified atom stereocenters. The molecule has 0 aromatic carbocycles. The van der Waals surface area contributed by atoms with Crippen LogP contribution in [0.15, 0.2) is 0 Å². The Morgan fingerprint density at radius 2 is 0.750 bits per heavy atom. The fraction of sp³-hybridized carbons (Fsp3) is 0. The molecule has 0 saturated carbocycles. The first-order chi connectivity index (χ1) is 2.00. The van der Waals surface area contributed by atoms with Gasteiger partial charge in [-0.2, -0.15) is 0 Å². The maximum absolute atomic E-state index is 7.94. The minimum atomic E-state index is 0. The third-order valence-corrected chi connectivity index (χ3v) is 0. The second kappa shape index (κ2) is 96.0. The summed E-state index contributed by atoms with van der Waals surface area (Å²) in [4.78, 5) is 0. The van der Waals surface area contributed by atoms with E-state index in [0.717, 1.165) is 0 Å². The van der Waals surface area contributed by atoms with Crippen LogP contribution >= 0.6 is 0 Å². The summed E-state index contributed by atoms with van der Waals surface area (Å²) in [6.45, 7) is 0. The first-order valence-corrected chi connectivity index (χ1v) is 1.12. The van der Waals surface area contributed by atoms with Crippen LogP contribution in [0.25, 0.3) is 0 Å². The molecule has 49 valence electrons. The number of hydrogen-bond acceptors (Lipinski definition) is 2. The summed E-state index contributed by atoms with van der Waals surface area (Å²) in [6.07, 6.45) is 0. The van der Waals surface area contributed by atoms with Gasteiger partial charge in [0.25, 0.3) is 0 Å². The predicted octanol–water partition coefficient (Wildman–Crippen LogP) is -1.01. The zero-order chi connectivity index (χ0) is 4.00. The average molecular weight is 277 g/mol. The summed E-state index contributed by atoms with van der Waals surface area (Å²) in [7, 11) is 0. The summed E-state index contributed by atoms with van der Waals surface area (Å²) in [5.74, 6) is 0. The molecule has 0 amide bonds. The Morgan fingerprint density at radius 1 is 0.750 bits per heavy atom. The molecule has 3 radical (unpaired) electrons. The molecule has 0 bridgehead atoms. The van der Waals surface area contributed by atoms with Crippen LogP contribution in [0.1, 0.15) is 0 Å². The van der Waals surface area contributed by atoms with Crippen molar-refractivity contribution in [1.29, 1.82) is 0 Å². The van der Waals surface area contributed by atoms with Crippen LogP contribution in [0.4, 0.5) is 0 Å². The van der Waals surface area contributed by atoms with Crippen LogP contribution in [-0.2, 0) is 72.6 Å². The van der Waals surface area contributed by atoms with Crippen LogP contribution in [0.5, 0.6) is 0 Å². The van der Waals surface area contributed by atoms with Gasteiger partial charge in [-0.15, -0.1) is 0 Å². The van der Waals surface area contributed by atoms with Crippen molar-refractivity contribution < 1.29 is 72.6 Å². The van der Waals surface area contributed by atoms with Crippen molar-refractivity contribution in [2.75, 3.05) is 0 Å². The predicted molar refractivity (Wildman–Crippen MR) is 12.9 cm³/mol. The van der Waals surface area contributed by atoms with Crippen LogP contribution in [0.2, 0.25) is 0 Å². The summed E-state index contributed by atoms with van der Waals surface area (Å²) in [5.41, 5.74) is 0. The van der Waals surface area contributed by atoms with Crippen molar-refractivity contribution in [3.05, 3.63) is 0 Å². The Bertz CT molecular complexity index is 20.0. The first kappa shape index (κ1) is 44.9. The molecule has 0 atom stereocenters. The molecule has 0 spiro atoms. The molecule has 0 heterocycles. The molecule has 0 aliphatic carbocycles. The van der Waals surface area contributed by atoms with Gasteiger partial charge in [0.1, 0.15) is 0 Å². The number of rotatable bonds is 0. The van der Waals surface area contributed by atoms with Crippen molar-refractivity contribution in [1.82, 2.24) is 0 Å². The van der Waals surface area contributed by atoms with Gasteiger partial charge in [0.15, 0.2) is 0 Å². The van der Waals surface area contributed by atoms with E-state index in [1.165, 1.54) is 0 Å². The topological polar surface area (TPSA) is 34.1 Å². The number of hydrogen-bond donors (Lipinski definition) is 0. The normalized spacial score (nSPS) is 1.25. The van der Waals surface area contributed by atoms with Gasteiger partial charge in [0.05, 0.1) is 0 Å². The van der Waals surface area contributed by atoms with E-state index in [2.05, 4.69) is 31.3 Å². The van der Waals surface area contributed by atoms with Crippen molar-refractivity contribution in [2.24, 2.45) is 0 Å². The standard InChI is InChI=1S/2Co.2Li.Mn.Ni.2O. The molecule has 0 rings (SSSR count). The van der Waals surface area contributed by atoms with Gasteiger partial charge in [0.2, 0.25) is 0 Å². The van der Waals surface area contributed by atoms with Gasteiger partial charge in [-0.3, -0.25) is 0 Å². The quantitative estimate of drug-likeness (QED) is 0.532. The van der Waals surface area contributed by atoms with Gasteiger partial charge in [-0.1, -0.05) is 0 Å². The Labute approximate surface area is 109 Å². The fourth-order valence-corrected chi connectivity index (χ4v) is 0. The molecule has 0 aliphatic heterocycles. The molecule has 8 heavy (non-hydrogen) atoms. The third-order valence-electron chi connectivity index (χ3n) is 0. The zero-order valence-corrected chi connectivity index (χ0v) is 8.43. The second-order valence-corrected chi connectivity index (χ2v) is 0. The summed E-state index contributed by atoms with van der Waals surface area (Å²) >= 11 is 4.62. The van der Waals surface area contributed by atoms with E-state index in [-0.39, 0.29) is 71.3 Å². The van der Waals surface area contributed by atoms with Crippen LogP contribution in [0, 0.1) is 0 Å². The van der Waals surface area contributed by atoms with E-state index in [0.29, 0.717) is 0 Å². The van der Waals surface area contributed by atoms with Gasteiger partial charge in [-0.25, -0.2) is 0 Å². The van der Waals surface area contributed by atoms with Gasteiger partial charge in [0, 0.05) is 71.3 Å². The van der Waals surface area contributed by atoms with Crippen molar-refractivity contribution in [2.45, 2.75) is 0 Å². The molecule has 8 heteroatoms. The van der Waals surface area contributed by atoms with Crippen LogP contribution < -0.4 is 0 Å². The molecule has 0 saturated heterocycles. The molecule has 0 N–H and O–H groups in total. The molecule has 2 nitrogen and oxygen atoms in total. The monoisotopic (exact) mass is 277 g/mol. The molecule has 0 fully saturated rings. The van der Waals surface area contributed by atoms with Gasteiger partial charge in [-0.05, 0) is 0 Å². The Hall–Kier alpha value is 2.82. The molecular formula is Co2Li2MnNiO2. The summed E-state index contributed by atoms with van der Waals surface area (Å²) < 4.78 is 15.9. The van der Waals surface area contributed by atoms with E-state index in [4.69, 9.17) is 7.73 Å². The van der Waals surface area contributed by atoms with Crippen molar-refractivity contribution >= 4 is 37.7 Å². The SMILES string of the molecule is [Li].[Li].[Mn].[Ni].[O]=[Co].[O]=[Co]. The Morgan fingerprint density at radius 3 is 0.750 bits per heavy atom. The van der Waals surface area contributed by atoms with E-state index < -0.39 is 0 Å². The van der Waals surface area contributed by atoms with Crippen LogP contribution in [-0.4, -0.2) is 37.7 Å². The third kappa shape index (κ3) is 67.8. The maximum atomic E-state index is 7.94. The molecule has 0 aliphatic rings.